The molecule has 1 N–H and O–H groups in total. The van der Waals surface area contributed by atoms with Gasteiger partial charge in [-0.3, -0.25) is 4.79 Å². The first kappa shape index (κ1) is 23.6. The molecule has 0 bridgehead atoms. The van der Waals surface area contributed by atoms with Gasteiger partial charge in [0, 0.05) is 29.1 Å². The first-order chi connectivity index (χ1) is 16.5. The summed E-state index contributed by atoms with van der Waals surface area (Å²) in [5.74, 6) is 2.23. The van der Waals surface area contributed by atoms with Crippen molar-refractivity contribution in [3.63, 3.8) is 0 Å². The Bertz CT molecular complexity index is 1300. The highest BCUT2D eigenvalue weighted by atomic mass is 32.2. The van der Waals surface area contributed by atoms with Crippen molar-refractivity contribution in [2.45, 2.75) is 38.2 Å². The molecule has 6 nitrogen and oxygen atoms in total. The van der Waals surface area contributed by atoms with Crippen LogP contribution in [-0.2, 0) is 12.3 Å². The van der Waals surface area contributed by atoms with Crippen LogP contribution in [0.2, 0.25) is 0 Å². The Morgan fingerprint density at radius 1 is 1.00 bits per heavy atom. The lowest BCUT2D eigenvalue weighted by molar-refractivity contribution is 0.102. The van der Waals surface area contributed by atoms with Crippen LogP contribution in [0.4, 0.5) is 5.69 Å². The smallest absolute Gasteiger partial charge is 0.255 e. The minimum absolute atomic E-state index is 0.115. The molecule has 174 valence electrons. The van der Waals surface area contributed by atoms with Gasteiger partial charge in [-0.2, -0.15) is 0 Å². The summed E-state index contributed by atoms with van der Waals surface area (Å²) >= 11 is 1.63. The average Bonchev–Trinajstić information content (AvgIpc) is 3.28. The molecule has 0 unspecified atom stereocenters. The summed E-state index contributed by atoms with van der Waals surface area (Å²) in [6.07, 6.45) is 0. The minimum atomic E-state index is -0.115. The van der Waals surface area contributed by atoms with E-state index in [0.29, 0.717) is 5.56 Å². The van der Waals surface area contributed by atoms with Crippen molar-refractivity contribution in [3.05, 3.63) is 89.0 Å². The summed E-state index contributed by atoms with van der Waals surface area (Å²) in [6, 6.07) is 21.5. The average molecular weight is 473 g/mol. The standard InChI is InChI=1S/C27H28N4O2S/c1-5-31-25(22-7-6-8-24(16-22)33-4)29-30-27(31)34-17-20-10-12-21(13-11-20)26(32)28-23-14-9-18(2)19(3)15-23/h6-16H,5,17H2,1-4H3,(H,28,32). The molecule has 1 amide bonds. The number of aryl methyl sites for hydroxylation is 2. The fourth-order valence-electron chi connectivity index (χ4n) is 3.58. The van der Waals surface area contributed by atoms with E-state index in [4.69, 9.17) is 4.74 Å². The van der Waals surface area contributed by atoms with Crippen LogP contribution in [-0.4, -0.2) is 27.8 Å². The Morgan fingerprint density at radius 3 is 2.50 bits per heavy atom. The van der Waals surface area contributed by atoms with Crippen LogP contribution >= 0.6 is 11.8 Å². The van der Waals surface area contributed by atoms with E-state index in [9.17, 15) is 4.79 Å². The second-order valence-electron chi connectivity index (χ2n) is 8.02. The lowest BCUT2D eigenvalue weighted by atomic mass is 10.1. The Hall–Kier alpha value is -3.58. The van der Waals surface area contributed by atoms with E-state index in [1.807, 2.05) is 73.7 Å². The van der Waals surface area contributed by atoms with E-state index in [1.165, 1.54) is 5.56 Å². The first-order valence-corrected chi connectivity index (χ1v) is 12.1. The summed E-state index contributed by atoms with van der Waals surface area (Å²) in [6.45, 7) is 6.94. The van der Waals surface area contributed by atoms with Crippen LogP contribution in [0.15, 0.2) is 71.9 Å². The fourth-order valence-corrected chi connectivity index (χ4v) is 4.54. The summed E-state index contributed by atoms with van der Waals surface area (Å²) in [5.41, 5.74) is 5.87. The molecule has 0 saturated carbocycles. The lowest BCUT2D eigenvalue weighted by Gasteiger charge is -2.09. The fraction of sp³-hybridized carbons (Fsp3) is 0.222. The van der Waals surface area contributed by atoms with Crippen molar-refractivity contribution < 1.29 is 9.53 Å². The number of hydrogen-bond acceptors (Lipinski definition) is 5. The SMILES string of the molecule is CCn1c(SCc2ccc(C(=O)Nc3ccc(C)c(C)c3)cc2)nnc1-c1cccc(OC)c1. The van der Waals surface area contributed by atoms with Gasteiger partial charge in [0.05, 0.1) is 7.11 Å². The molecule has 0 atom stereocenters. The second-order valence-corrected chi connectivity index (χ2v) is 8.96. The van der Waals surface area contributed by atoms with E-state index >= 15 is 0 Å². The van der Waals surface area contributed by atoms with Gasteiger partial charge in [0.15, 0.2) is 11.0 Å². The number of anilines is 1. The van der Waals surface area contributed by atoms with Crippen LogP contribution in [0.25, 0.3) is 11.4 Å². The zero-order valence-electron chi connectivity index (χ0n) is 19.8. The number of hydrogen-bond donors (Lipinski definition) is 1. The minimum Gasteiger partial charge on any atom is -0.497 e. The van der Waals surface area contributed by atoms with Gasteiger partial charge in [-0.1, -0.05) is 42.1 Å². The first-order valence-electron chi connectivity index (χ1n) is 11.2. The zero-order valence-corrected chi connectivity index (χ0v) is 20.6. The quantitative estimate of drug-likeness (QED) is 0.312. The van der Waals surface area contributed by atoms with E-state index in [0.717, 1.165) is 51.4 Å². The van der Waals surface area contributed by atoms with E-state index in [-0.39, 0.29) is 5.91 Å². The van der Waals surface area contributed by atoms with Gasteiger partial charge in [0.2, 0.25) is 0 Å². The van der Waals surface area contributed by atoms with Crippen molar-refractivity contribution in [1.29, 1.82) is 0 Å². The van der Waals surface area contributed by atoms with Gasteiger partial charge in [-0.15, -0.1) is 10.2 Å². The number of carbonyl (C=O) groups excluding carboxylic acids is 1. The molecule has 1 heterocycles. The maximum Gasteiger partial charge on any atom is 0.255 e. The number of nitrogens with one attached hydrogen (secondary N) is 1. The number of ether oxygens (including phenoxy) is 1. The Balaban J connectivity index is 1.42. The van der Waals surface area contributed by atoms with Crippen LogP contribution in [0.3, 0.4) is 0 Å². The number of methoxy groups -OCH3 is 1. The molecule has 0 spiro atoms. The molecule has 7 heteroatoms. The van der Waals surface area contributed by atoms with Crippen molar-refractivity contribution in [2.75, 3.05) is 12.4 Å². The predicted octanol–water partition coefficient (Wildman–Crippen LogP) is 6.14. The van der Waals surface area contributed by atoms with Crippen LogP contribution in [0.1, 0.15) is 34.0 Å². The van der Waals surface area contributed by atoms with E-state index < -0.39 is 0 Å². The summed E-state index contributed by atoms with van der Waals surface area (Å²) in [5, 5.41) is 12.7. The molecule has 0 radical (unpaired) electrons. The molecule has 0 saturated heterocycles. The maximum atomic E-state index is 12.6. The summed E-state index contributed by atoms with van der Waals surface area (Å²) < 4.78 is 7.44. The molecule has 0 aliphatic carbocycles. The lowest BCUT2D eigenvalue weighted by Crippen LogP contribution is -2.12. The van der Waals surface area contributed by atoms with Crippen molar-refractivity contribution in [2.24, 2.45) is 0 Å². The Labute approximate surface area is 204 Å². The largest absolute Gasteiger partial charge is 0.497 e. The van der Waals surface area contributed by atoms with Crippen molar-refractivity contribution in [3.8, 4) is 17.1 Å². The summed E-state index contributed by atoms with van der Waals surface area (Å²) in [7, 11) is 1.66. The monoisotopic (exact) mass is 472 g/mol. The highest BCUT2D eigenvalue weighted by Gasteiger charge is 2.14. The Morgan fingerprint density at radius 2 is 1.79 bits per heavy atom. The van der Waals surface area contributed by atoms with Gasteiger partial charge in [-0.25, -0.2) is 0 Å². The number of nitrogens with zero attached hydrogens (tertiary/aromatic N) is 3. The van der Waals surface area contributed by atoms with Crippen molar-refractivity contribution >= 4 is 23.4 Å². The third-order valence-electron chi connectivity index (χ3n) is 5.71. The predicted molar refractivity (Wildman–Crippen MR) is 138 cm³/mol. The zero-order chi connectivity index (χ0) is 24.1. The molecular formula is C27H28N4O2S. The van der Waals surface area contributed by atoms with Crippen LogP contribution < -0.4 is 10.1 Å². The highest BCUT2D eigenvalue weighted by molar-refractivity contribution is 7.98. The third-order valence-corrected chi connectivity index (χ3v) is 6.75. The number of benzene rings is 3. The van der Waals surface area contributed by atoms with E-state index in [1.54, 1.807) is 18.9 Å². The normalized spacial score (nSPS) is 10.8. The number of aromatic nitrogens is 3. The molecule has 34 heavy (non-hydrogen) atoms. The van der Waals surface area contributed by atoms with Gasteiger partial charge in [0.25, 0.3) is 5.91 Å². The molecule has 0 aliphatic heterocycles. The molecule has 4 aromatic rings. The van der Waals surface area contributed by atoms with Crippen LogP contribution in [0.5, 0.6) is 5.75 Å². The van der Waals surface area contributed by atoms with Crippen molar-refractivity contribution in [1.82, 2.24) is 14.8 Å². The summed E-state index contributed by atoms with van der Waals surface area (Å²) in [4.78, 5) is 12.6. The number of thioether (sulfide) groups is 1. The maximum absolute atomic E-state index is 12.6. The van der Waals surface area contributed by atoms with Gasteiger partial charge >= 0.3 is 0 Å². The number of carbonyl (C=O) groups is 1. The van der Waals surface area contributed by atoms with Gasteiger partial charge < -0.3 is 14.6 Å². The Kier molecular flexibility index (Phi) is 7.33. The highest BCUT2D eigenvalue weighted by Crippen LogP contribution is 2.28. The molecule has 1 aromatic heterocycles. The van der Waals surface area contributed by atoms with Crippen LogP contribution in [0, 0.1) is 13.8 Å². The van der Waals surface area contributed by atoms with E-state index in [2.05, 4.69) is 33.9 Å². The molecular weight excluding hydrogens is 444 g/mol. The number of rotatable bonds is 8. The second kappa shape index (κ2) is 10.6. The third kappa shape index (κ3) is 5.31. The molecule has 0 fully saturated rings. The van der Waals surface area contributed by atoms with Gasteiger partial charge in [0.1, 0.15) is 5.75 Å². The number of amides is 1. The molecule has 0 aliphatic rings. The topological polar surface area (TPSA) is 69.0 Å². The van der Waals surface area contributed by atoms with Gasteiger partial charge in [-0.05, 0) is 73.9 Å². The molecule has 4 rings (SSSR count). The molecule has 3 aromatic carbocycles.